The van der Waals surface area contributed by atoms with E-state index in [4.69, 9.17) is 16.1 Å². The molecule has 1 aromatic heterocycles. The summed E-state index contributed by atoms with van der Waals surface area (Å²) in [7, 11) is 0. The summed E-state index contributed by atoms with van der Waals surface area (Å²) in [5.74, 6) is 0.674. The highest BCUT2D eigenvalue weighted by atomic mass is 35.5. The molecule has 150 valence electrons. The molecule has 2 aromatic carbocycles. The van der Waals surface area contributed by atoms with Gasteiger partial charge in [0.1, 0.15) is 17.0 Å². The molecule has 1 fully saturated rings. The smallest absolute Gasteiger partial charge is 0.257 e. The number of hydrogen-bond donors (Lipinski definition) is 1. The number of carbonyl (C=O) groups is 1. The van der Waals surface area contributed by atoms with E-state index in [9.17, 15) is 4.79 Å². The van der Waals surface area contributed by atoms with Gasteiger partial charge in [0.05, 0.1) is 5.02 Å². The first kappa shape index (κ1) is 19.7. The number of hydrogen-bond acceptors (Lipinski definition) is 4. The Kier molecular flexibility index (Phi) is 5.69. The van der Waals surface area contributed by atoms with Crippen molar-refractivity contribution in [3.8, 4) is 11.3 Å². The third kappa shape index (κ3) is 4.21. The minimum absolute atomic E-state index is 0.0691. The highest BCUT2D eigenvalue weighted by Crippen LogP contribution is 2.31. The van der Waals surface area contributed by atoms with Gasteiger partial charge in [0.25, 0.3) is 5.91 Å². The molecule has 0 aliphatic carbocycles. The molecule has 2 heterocycles. The summed E-state index contributed by atoms with van der Waals surface area (Å²) in [5.41, 5.74) is 2.91. The maximum absolute atomic E-state index is 13.1. The average molecular weight is 410 g/mol. The van der Waals surface area contributed by atoms with Gasteiger partial charge < -0.3 is 9.84 Å². The largest absolute Gasteiger partial charge is 0.360 e. The van der Waals surface area contributed by atoms with Crippen LogP contribution in [0.1, 0.15) is 28.6 Å². The van der Waals surface area contributed by atoms with Crippen molar-refractivity contribution in [1.29, 1.82) is 0 Å². The molecule has 1 aliphatic rings. The number of aryl methyl sites for hydroxylation is 1. The zero-order valence-electron chi connectivity index (χ0n) is 16.6. The van der Waals surface area contributed by atoms with Crippen LogP contribution in [-0.2, 0) is 6.54 Å². The Bertz CT molecular complexity index is 1000. The molecule has 5 nitrogen and oxygen atoms in total. The number of nitrogens with zero attached hydrogens (tertiary/aromatic N) is 2. The number of likely N-dealkylation sites (tertiary alicyclic amines) is 1. The molecule has 0 saturated carbocycles. The zero-order chi connectivity index (χ0) is 20.4. The van der Waals surface area contributed by atoms with Crippen LogP contribution in [0, 0.1) is 12.8 Å². The lowest BCUT2D eigenvalue weighted by atomic mass is 10.0. The zero-order valence-corrected chi connectivity index (χ0v) is 17.3. The third-order valence-corrected chi connectivity index (χ3v) is 5.80. The lowest BCUT2D eigenvalue weighted by molar-refractivity contribution is 0.0930. The number of aromatic nitrogens is 1. The van der Waals surface area contributed by atoms with E-state index in [1.807, 2.05) is 24.3 Å². The molecule has 4 rings (SSSR count). The number of carbonyl (C=O) groups excluding carboxylic acids is 1. The maximum atomic E-state index is 13.1. The number of nitrogens with one attached hydrogen (secondary N) is 1. The molecule has 0 spiro atoms. The van der Waals surface area contributed by atoms with E-state index in [1.54, 1.807) is 13.0 Å². The van der Waals surface area contributed by atoms with Crippen molar-refractivity contribution in [3.05, 3.63) is 76.5 Å². The molecule has 0 bridgehead atoms. The summed E-state index contributed by atoms with van der Waals surface area (Å²) >= 11 is 6.31. The van der Waals surface area contributed by atoms with Gasteiger partial charge in [-0.25, -0.2) is 0 Å². The van der Waals surface area contributed by atoms with Crippen molar-refractivity contribution in [3.63, 3.8) is 0 Å². The lowest BCUT2D eigenvalue weighted by Gasteiger charge is -2.17. The summed E-state index contributed by atoms with van der Waals surface area (Å²) in [6.07, 6.45) is 0. The monoisotopic (exact) mass is 409 g/mol. The topological polar surface area (TPSA) is 58.4 Å². The van der Waals surface area contributed by atoms with Crippen molar-refractivity contribution in [1.82, 2.24) is 15.4 Å². The number of benzene rings is 2. The quantitative estimate of drug-likeness (QED) is 0.671. The molecule has 3 aromatic rings. The van der Waals surface area contributed by atoms with Crippen LogP contribution in [0.15, 0.2) is 59.1 Å². The fourth-order valence-corrected chi connectivity index (χ4v) is 4.17. The number of halogens is 1. The van der Waals surface area contributed by atoms with Gasteiger partial charge in [0.15, 0.2) is 0 Å². The molecule has 1 saturated heterocycles. The van der Waals surface area contributed by atoms with E-state index in [2.05, 4.69) is 46.6 Å². The van der Waals surface area contributed by atoms with E-state index in [0.29, 0.717) is 33.5 Å². The average Bonchev–Trinajstić information content (AvgIpc) is 3.25. The fourth-order valence-electron chi connectivity index (χ4n) is 3.94. The molecular formula is C23H24ClN3O2. The minimum atomic E-state index is -0.169. The molecule has 1 N–H and O–H groups in total. The number of rotatable bonds is 5. The van der Waals surface area contributed by atoms with Gasteiger partial charge in [0.2, 0.25) is 0 Å². The van der Waals surface area contributed by atoms with Gasteiger partial charge in [-0.2, -0.15) is 0 Å². The Morgan fingerprint density at radius 2 is 1.90 bits per heavy atom. The molecule has 2 atom stereocenters. The second-order valence-electron chi connectivity index (χ2n) is 7.68. The molecule has 1 amide bonds. The first-order chi connectivity index (χ1) is 14.0. The van der Waals surface area contributed by atoms with Crippen LogP contribution in [0.2, 0.25) is 5.02 Å². The van der Waals surface area contributed by atoms with Crippen molar-refractivity contribution in [2.24, 2.45) is 5.92 Å². The molecule has 2 unspecified atom stereocenters. The lowest BCUT2D eigenvalue weighted by Crippen LogP contribution is -2.40. The van der Waals surface area contributed by atoms with Gasteiger partial charge >= 0.3 is 0 Å². The van der Waals surface area contributed by atoms with E-state index in [0.717, 1.165) is 19.6 Å². The Morgan fingerprint density at radius 1 is 1.17 bits per heavy atom. The minimum Gasteiger partial charge on any atom is -0.360 e. The van der Waals surface area contributed by atoms with Crippen LogP contribution in [0.25, 0.3) is 11.3 Å². The summed E-state index contributed by atoms with van der Waals surface area (Å²) < 4.78 is 5.34. The first-order valence-corrected chi connectivity index (χ1v) is 10.2. The van der Waals surface area contributed by atoms with Gasteiger partial charge in [-0.3, -0.25) is 9.69 Å². The summed E-state index contributed by atoms with van der Waals surface area (Å²) in [4.78, 5) is 15.5. The van der Waals surface area contributed by atoms with Gasteiger partial charge in [0, 0.05) is 31.2 Å². The molecule has 6 heteroatoms. The highest BCUT2D eigenvalue weighted by molar-refractivity contribution is 6.33. The highest BCUT2D eigenvalue weighted by Gasteiger charge is 2.32. The molecular weight excluding hydrogens is 386 g/mol. The normalized spacial score (nSPS) is 19.4. The second-order valence-corrected chi connectivity index (χ2v) is 8.09. The van der Waals surface area contributed by atoms with E-state index >= 15 is 0 Å². The maximum Gasteiger partial charge on any atom is 0.257 e. The van der Waals surface area contributed by atoms with Crippen molar-refractivity contribution < 1.29 is 9.32 Å². The fraction of sp³-hybridized carbons (Fsp3) is 0.304. The van der Waals surface area contributed by atoms with Crippen LogP contribution < -0.4 is 5.32 Å². The van der Waals surface area contributed by atoms with Gasteiger partial charge in [-0.1, -0.05) is 72.2 Å². The molecule has 29 heavy (non-hydrogen) atoms. The number of amides is 1. The summed E-state index contributed by atoms with van der Waals surface area (Å²) in [6.45, 7) is 6.57. The Labute approximate surface area is 175 Å². The van der Waals surface area contributed by atoms with Crippen LogP contribution in [0.3, 0.4) is 0 Å². The van der Waals surface area contributed by atoms with Crippen LogP contribution in [0.5, 0.6) is 0 Å². The van der Waals surface area contributed by atoms with Gasteiger partial charge in [-0.05, 0) is 24.5 Å². The Morgan fingerprint density at radius 3 is 2.66 bits per heavy atom. The van der Waals surface area contributed by atoms with E-state index in [-0.39, 0.29) is 11.9 Å². The first-order valence-electron chi connectivity index (χ1n) is 9.81. The summed E-state index contributed by atoms with van der Waals surface area (Å²) in [5, 5.41) is 7.84. The standard InChI is InChI=1S/C23H24ClN3O2/c1-15-12-27(13-17-8-4-3-5-9-17)14-20(15)25-23(28)21-16(2)29-26-22(21)18-10-6-7-11-19(18)24/h3-11,15,20H,12-14H2,1-2H3,(H,25,28). The van der Waals surface area contributed by atoms with Crippen molar-refractivity contribution in [2.75, 3.05) is 13.1 Å². The Balaban J connectivity index is 1.49. The van der Waals surface area contributed by atoms with Crippen molar-refractivity contribution >= 4 is 17.5 Å². The molecule has 0 radical (unpaired) electrons. The van der Waals surface area contributed by atoms with Crippen molar-refractivity contribution in [2.45, 2.75) is 26.4 Å². The molecule has 1 aliphatic heterocycles. The predicted molar refractivity (Wildman–Crippen MR) is 114 cm³/mol. The predicted octanol–water partition coefficient (Wildman–Crippen LogP) is 4.55. The Hall–Kier alpha value is -2.63. The SMILES string of the molecule is Cc1onc(-c2ccccc2Cl)c1C(=O)NC1CN(Cc2ccccc2)CC1C. The summed E-state index contributed by atoms with van der Waals surface area (Å²) in [6, 6.07) is 17.8. The van der Waals surface area contributed by atoms with E-state index in [1.165, 1.54) is 5.56 Å². The van der Waals surface area contributed by atoms with Crippen LogP contribution >= 0.6 is 11.6 Å². The third-order valence-electron chi connectivity index (χ3n) is 5.47. The second kappa shape index (κ2) is 8.39. The van der Waals surface area contributed by atoms with E-state index < -0.39 is 0 Å². The van der Waals surface area contributed by atoms with Gasteiger partial charge in [-0.15, -0.1) is 0 Å². The van der Waals surface area contributed by atoms with Crippen LogP contribution in [0.4, 0.5) is 0 Å². The van der Waals surface area contributed by atoms with Crippen LogP contribution in [-0.4, -0.2) is 35.1 Å².